The molecule has 24 heavy (non-hydrogen) atoms. The quantitative estimate of drug-likeness (QED) is 0.597. The Morgan fingerprint density at radius 1 is 1.08 bits per heavy atom. The summed E-state index contributed by atoms with van der Waals surface area (Å²) in [5.74, 6) is 1.24. The van der Waals surface area contributed by atoms with Gasteiger partial charge in [0.25, 0.3) is 5.91 Å². The molecule has 0 saturated heterocycles. The van der Waals surface area contributed by atoms with Crippen LogP contribution in [0.4, 0.5) is 5.69 Å². The molecular weight excluding hydrogens is 308 g/mol. The van der Waals surface area contributed by atoms with Crippen molar-refractivity contribution in [1.82, 2.24) is 0 Å². The SMILES string of the molecule is CCOc1ccc(/C=N\OCC(=O)Nc2ccc(OC)cc2)cc1. The molecule has 2 aromatic rings. The fourth-order valence-corrected chi connectivity index (χ4v) is 1.88. The van der Waals surface area contributed by atoms with Crippen LogP contribution in [0.25, 0.3) is 0 Å². The van der Waals surface area contributed by atoms with Gasteiger partial charge in [-0.05, 0) is 61.0 Å². The average Bonchev–Trinajstić information content (AvgIpc) is 2.61. The largest absolute Gasteiger partial charge is 0.497 e. The van der Waals surface area contributed by atoms with Crippen molar-refractivity contribution >= 4 is 17.8 Å². The predicted octanol–water partition coefficient (Wildman–Crippen LogP) is 3.08. The third-order valence-corrected chi connectivity index (χ3v) is 3.04. The van der Waals surface area contributed by atoms with Gasteiger partial charge in [-0.25, -0.2) is 0 Å². The van der Waals surface area contributed by atoms with E-state index in [1.165, 1.54) is 6.21 Å². The van der Waals surface area contributed by atoms with Crippen LogP contribution in [0.15, 0.2) is 53.7 Å². The number of ether oxygens (including phenoxy) is 2. The molecular formula is C18H20N2O4. The first-order valence-corrected chi connectivity index (χ1v) is 7.53. The zero-order chi connectivity index (χ0) is 17.2. The highest BCUT2D eigenvalue weighted by molar-refractivity contribution is 5.91. The zero-order valence-electron chi connectivity index (χ0n) is 13.7. The van der Waals surface area contributed by atoms with E-state index in [0.29, 0.717) is 12.3 Å². The molecule has 6 nitrogen and oxygen atoms in total. The second-order valence-electron chi connectivity index (χ2n) is 4.79. The van der Waals surface area contributed by atoms with Crippen molar-refractivity contribution in [2.45, 2.75) is 6.92 Å². The molecule has 1 N–H and O–H groups in total. The molecule has 0 heterocycles. The van der Waals surface area contributed by atoms with Crippen LogP contribution in [0.2, 0.25) is 0 Å². The number of methoxy groups -OCH3 is 1. The Labute approximate surface area is 141 Å². The summed E-state index contributed by atoms with van der Waals surface area (Å²) in [7, 11) is 1.59. The average molecular weight is 328 g/mol. The van der Waals surface area contributed by atoms with Crippen LogP contribution in [-0.2, 0) is 9.63 Å². The number of oxime groups is 1. The molecule has 2 rings (SSSR count). The number of anilines is 1. The van der Waals surface area contributed by atoms with E-state index in [9.17, 15) is 4.79 Å². The lowest BCUT2D eigenvalue weighted by atomic mass is 10.2. The van der Waals surface area contributed by atoms with Crippen LogP contribution in [0, 0.1) is 0 Å². The van der Waals surface area contributed by atoms with Crippen molar-refractivity contribution in [3.63, 3.8) is 0 Å². The minimum absolute atomic E-state index is 0.167. The number of rotatable bonds is 8. The van der Waals surface area contributed by atoms with Gasteiger partial charge >= 0.3 is 0 Å². The molecule has 0 aliphatic heterocycles. The molecule has 0 aromatic heterocycles. The normalized spacial score (nSPS) is 10.4. The molecule has 0 bridgehead atoms. The second kappa shape index (κ2) is 9.19. The Morgan fingerprint density at radius 3 is 2.38 bits per heavy atom. The molecule has 126 valence electrons. The van der Waals surface area contributed by atoms with Crippen LogP contribution in [-0.4, -0.2) is 32.4 Å². The fraction of sp³-hybridized carbons (Fsp3) is 0.222. The van der Waals surface area contributed by atoms with Crippen molar-refractivity contribution in [1.29, 1.82) is 0 Å². The molecule has 0 radical (unpaired) electrons. The van der Waals surface area contributed by atoms with Gasteiger partial charge in [0.05, 0.1) is 19.9 Å². The Kier molecular flexibility index (Phi) is 6.64. The van der Waals surface area contributed by atoms with Gasteiger partial charge in [0, 0.05) is 5.69 Å². The van der Waals surface area contributed by atoms with Crippen molar-refractivity contribution in [3.05, 3.63) is 54.1 Å². The number of carbonyl (C=O) groups excluding carboxylic acids is 1. The van der Waals surface area contributed by atoms with Gasteiger partial charge in [0.2, 0.25) is 0 Å². The van der Waals surface area contributed by atoms with Crippen LogP contribution in [0.1, 0.15) is 12.5 Å². The lowest BCUT2D eigenvalue weighted by molar-refractivity contribution is -0.120. The number of amides is 1. The monoisotopic (exact) mass is 328 g/mol. The highest BCUT2D eigenvalue weighted by Crippen LogP contribution is 2.14. The summed E-state index contributed by atoms with van der Waals surface area (Å²) in [6, 6.07) is 14.4. The predicted molar refractivity (Wildman–Crippen MR) is 92.8 cm³/mol. The summed E-state index contributed by atoms with van der Waals surface area (Å²) in [5, 5.41) is 6.48. The number of carbonyl (C=O) groups is 1. The third kappa shape index (κ3) is 5.64. The molecule has 2 aromatic carbocycles. The smallest absolute Gasteiger partial charge is 0.265 e. The van der Waals surface area contributed by atoms with Crippen LogP contribution in [0.5, 0.6) is 11.5 Å². The summed E-state index contributed by atoms with van der Waals surface area (Å²) in [6.07, 6.45) is 1.54. The third-order valence-electron chi connectivity index (χ3n) is 3.04. The van der Waals surface area contributed by atoms with E-state index in [-0.39, 0.29) is 12.5 Å². The maximum atomic E-state index is 11.7. The number of nitrogens with one attached hydrogen (secondary N) is 1. The summed E-state index contributed by atoms with van der Waals surface area (Å²) >= 11 is 0. The highest BCUT2D eigenvalue weighted by Gasteiger charge is 2.02. The van der Waals surface area contributed by atoms with E-state index in [1.807, 2.05) is 31.2 Å². The molecule has 0 aliphatic carbocycles. The first-order valence-electron chi connectivity index (χ1n) is 7.53. The first-order chi connectivity index (χ1) is 11.7. The molecule has 1 amide bonds. The van der Waals surface area contributed by atoms with Gasteiger partial charge < -0.3 is 19.6 Å². The zero-order valence-corrected chi connectivity index (χ0v) is 13.7. The molecule has 0 atom stereocenters. The second-order valence-corrected chi connectivity index (χ2v) is 4.79. The van der Waals surface area contributed by atoms with Crippen molar-refractivity contribution in [2.75, 3.05) is 25.6 Å². The molecule has 0 spiro atoms. The van der Waals surface area contributed by atoms with Crippen molar-refractivity contribution in [2.24, 2.45) is 5.16 Å². The van der Waals surface area contributed by atoms with Crippen molar-refractivity contribution in [3.8, 4) is 11.5 Å². The van der Waals surface area contributed by atoms with E-state index >= 15 is 0 Å². The van der Waals surface area contributed by atoms with Crippen molar-refractivity contribution < 1.29 is 19.1 Å². The van der Waals surface area contributed by atoms with E-state index in [0.717, 1.165) is 17.1 Å². The minimum Gasteiger partial charge on any atom is -0.497 e. The Balaban J connectivity index is 1.74. The lowest BCUT2D eigenvalue weighted by Gasteiger charge is -2.05. The highest BCUT2D eigenvalue weighted by atomic mass is 16.6. The standard InChI is InChI=1S/C18H20N2O4/c1-3-23-17-8-4-14(5-9-17)12-19-24-13-18(21)20-15-6-10-16(22-2)11-7-15/h4-12H,3,13H2,1-2H3,(H,20,21)/b19-12-. The van der Waals surface area contributed by atoms with Crippen LogP contribution < -0.4 is 14.8 Å². The topological polar surface area (TPSA) is 69.2 Å². The number of hydrogen-bond donors (Lipinski definition) is 1. The Hall–Kier alpha value is -3.02. The Bertz CT molecular complexity index is 666. The van der Waals surface area contributed by atoms with E-state index in [1.54, 1.807) is 31.4 Å². The molecule has 0 unspecified atom stereocenters. The summed E-state index contributed by atoms with van der Waals surface area (Å²) in [6.45, 7) is 2.39. The van der Waals surface area contributed by atoms with Gasteiger partial charge in [-0.15, -0.1) is 0 Å². The molecule has 0 fully saturated rings. The lowest BCUT2D eigenvalue weighted by Crippen LogP contribution is -2.16. The van der Waals surface area contributed by atoms with E-state index in [2.05, 4.69) is 10.5 Å². The first kappa shape index (κ1) is 17.3. The maximum Gasteiger partial charge on any atom is 0.265 e. The minimum atomic E-state index is -0.288. The fourth-order valence-electron chi connectivity index (χ4n) is 1.88. The molecule has 0 aliphatic rings. The molecule has 0 saturated carbocycles. The number of hydrogen-bond acceptors (Lipinski definition) is 5. The molecule has 6 heteroatoms. The maximum absolute atomic E-state index is 11.7. The van der Waals surface area contributed by atoms with Gasteiger partial charge in [0.1, 0.15) is 11.5 Å². The van der Waals surface area contributed by atoms with Gasteiger partial charge in [0.15, 0.2) is 6.61 Å². The summed E-state index contributed by atoms with van der Waals surface area (Å²) < 4.78 is 10.4. The summed E-state index contributed by atoms with van der Waals surface area (Å²) in [5.41, 5.74) is 1.52. The van der Waals surface area contributed by atoms with Gasteiger partial charge in [-0.1, -0.05) is 5.16 Å². The summed E-state index contributed by atoms with van der Waals surface area (Å²) in [4.78, 5) is 16.7. The van der Waals surface area contributed by atoms with Gasteiger partial charge in [-0.3, -0.25) is 4.79 Å². The Morgan fingerprint density at radius 2 is 1.75 bits per heavy atom. The van der Waals surface area contributed by atoms with E-state index < -0.39 is 0 Å². The van der Waals surface area contributed by atoms with Gasteiger partial charge in [-0.2, -0.15) is 0 Å². The number of benzene rings is 2. The van der Waals surface area contributed by atoms with E-state index in [4.69, 9.17) is 14.3 Å². The van der Waals surface area contributed by atoms with Crippen LogP contribution >= 0.6 is 0 Å². The van der Waals surface area contributed by atoms with Crippen LogP contribution in [0.3, 0.4) is 0 Å². The number of nitrogens with zero attached hydrogens (tertiary/aromatic N) is 1.